The van der Waals surface area contributed by atoms with Gasteiger partial charge < -0.3 is 4.74 Å². The van der Waals surface area contributed by atoms with Crippen molar-refractivity contribution in [2.75, 3.05) is 5.33 Å². The average Bonchev–Trinajstić information content (AvgIpc) is 2.28. The van der Waals surface area contributed by atoms with Gasteiger partial charge in [0.1, 0.15) is 5.75 Å². The number of esters is 1. The van der Waals surface area contributed by atoms with Crippen molar-refractivity contribution in [3.8, 4) is 5.75 Å². The van der Waals surface area contributed by atoms with Gasteiger partial charge in [0.2, 0.25) is 0 Å². The van der Waals surface area contributed by atoms with Crippen LogP contribution in [-0.2, 0) is 4.79 Å². The Bertz CT molecular complexity index is 336. The van der Waals surface area contributed by atoms with Gasteiger partial charge >= 0.3 is 5.97 Å². The summed E-state index contributed by atoms with van der Waals surface area (Å²) >= 11 is 3.36. The number of unbranched alkanes of at least 4 members (excludes halogenated alkanes) is 2. The van der Waals surface area contributed by atoms with Crippen LogP contribution in [0.1, 0.15) is 31.2 Å². The Morgan fingerprint density at radius 2 is 2.00 bits per heavy atom. The molecule has 1 aromatic carbocycles. The van der Waals surface area contributed by atoms with Gasteiger partial charge in [-0.25, -0.2) is 0 Å². The summed E-state index contributed by atoms with van der Waals surface area (Å²) in [5.74, 6) is 0.539. The van der Waals surface area contributed by atoms with Crippen LogP contribution in [0.4, 0.5) is 0 Å². The zero-order valence-corrected chi connectivity index (χ0v) is 11.1. The maximum absolute atomic E-state index is 11.5. The number of aryl methyl sites for hydroxylation is 1. The summed E-state index contributed by atoms with van der Waals surface area (Å²) in [6.07, 6.45) is 3.57. The molecule has 88 valence electrons. The molecule has 0 heterocycles. The molecule has 0 bridgehead atoms. The van der Waals surface area contributed by atoms with Gasteiger partial charge in [-0.3, -0.25) is 4.79 Å². The fourth-order valence-electron chi connectivity index (χ4n) is 1.39. The molecule has 0 saturated carbocycles. The van der Waals surface area contributed by atoms with Crippen molar-refractivity contribution >= 4 is 21.9 Å². The standard InChI is InChI=1S/C13H17BrO2/c1-11-7-4-5-8-12(11)16-13(15)9-3-2-6-10-14/h4-5,7-8H,2-3,6,9-10H2,1H3. The van der Waals surface area contributed by atoms with Gasteiger partial charge in [-0.05, 0) is 31.4 Å². The molecule has 0 spiro atoms. The molecular formula is C13H17BrO2. The molecule has 16 heavy (non-hydrogen) atoms. The van der Waals surface area contributed by atoms with E-state index in [4.69, 9.17) is 4.74 Å². The van der Waals surface area contributed by atoms with Gasteiger partial charge in [0.15, 0.2) is 0 Å². The number of carbonyl (C=O) groups is 1. The second kappa shape index (κ2) is 7.44. The van der Waals surface area contributed by atoms with Crippen LogP contribution in [0.2, 0.25) is 0 Å². The van der Waals surface area contributed by atoms with E-state index >= 15 is 0 Å². The van der Waals surface area contributed by atoms with Crippen LogP contribution in [-0.4, -0.2) is 11.3 Å². The van der Waals surface area contributed by atoms with E-state index in [1.807, 2.05) is 31.2 Å². The summed E-state index contributed by atoms with van der Waals surface area (Å²) in [4.78, 5) is 11.5. The molecule has 2 nitrogen and oxygen atoms in total. The maximum Gasteiger partial charge on any atom is 0.311 e. The Balaban J connectivity index is 2.32. The highest BCUT2D eigenvalue weighted by Crippen LogP contribution is 2.17. The van der Waals surface area contributed by atoms with Crippen molar-refractivity contribution in [1.82, 2.24) is 0 Å². The molecule has 0 aliphatic carbocycles. The smallest absolute Gasteiger partial charge is 0.311 e. The van der Waals surface area contributed by atoms with Crippen LogP contribution in [0, 0.1) is 6.92 Å². The van der Waals surface area contributed by atoms with E-state index in [9.17, 15) is 4.79 Å². The minimum Gasteiger partial charge on any atom is -0.426 e. The lowest BCUT2D eigenvalue weighted by Crippen LogP contribution is -2.08. The van der Waals surface area contributed by atoms with Crippen LogP contribution < -0.4 is 4.74 Å². The van der Waals surface area contributed by atoms with Gasteiger partial charge in [0, 0.05) is 11.8 Å². The molecule has 0 radical (unpaired) electrons. The summed E-state index contributed by atoms with van der Waals surface area (Å²) in [7, 11) is 0. The van der Waals surface area contributed by atoms with Crippen molar-refractivity contribution in [2.45, 2.75) is 32.6 Å². The van der Waals surface area contributed by atoms with Crippen LogP contribution in [0.15, 0.2) is 24.3 Å². The Morgan fingerprint density at radius 3 is 2.69 bits per heavy atom. The predicted molar refractivity (Wildman–Crippen MR) is 69.1 cm³/mol. The topological polar surface area (TPSA) is 26.3 Å². The van der Waals surface area contributed by atoms with Crippen LogP contribution >= 0.6 is 15.9 Å². The van der Waals surface area contributed by atoms with E-state index in [1.54, 1.807) is 0 Å². The highest BCUT2D eigenvalue weighted by atomic mass is 79.9. The van der Waals surface area contributed by atoms with Crippen molar-refractivity contribution in [1.29, 1.82) is 0 Å². The third-order valence-electron chi connectivity index (χ3n) is 2.33. The van der Waals surface area contributed by atoms with Crippen LogP contribution in [0.5, 0.6) is 5.75 Å². The lowest BCUT2D eigenvalue weighted by Gasteiger charge is -2.06. The summed E-state index contributed by atoms with van der Waals surface area (Å²) in [5.41, 5.74) is 0.997. The molecule has 3 heteroatoms. The zero-order valence-electron chi connectivity index (χ0n) is 9.54. The fourth-order valence-corrected chi connectivity index (χ4v) is 1.78. The number of hydrogen-bond donors (Lipinski definition) is 0. The monoisotopic (exact) mass is 284 g/mol. The third-order valence-corrected chi connectivity index (χ3v) is 2.89. The van der Waals surface area contributed by atoms with Gasteiger partial charge in [-0.2, -0.15) is 0 Å². The molecule has 0 fully saturated rings. The molecular weight excluding hydrogens is 268 g/mol. The molecule has 0 atom stereocenters. The number of halogens is 1. The normalized spacial score (nSPS) is 10.1. The van der Waals surface area contributed by atoms with Crippen molar-refractivity contribution < 1.29 is 9.53 Å². The largest absolute Gasteiger partial charge is 0.426 e. The molecule has 1 aromatic rings. The minimum absolute atomic E-state index is 0.135. The van der Waals surface area contributed by atoms with Gasteiger partial charge in [0.25, 0.3) is 0 Å². The summed E-state index contributed by atoms with van der Waals surface area (Å²) in [6.45, 7) is 1.94. The number of para-hydroxylation sites is 1. The first kappa shape index (κ1) is 13.2. The molecule has 0 amide bonds. The minimum atomic E-state index is -0.135. The second-order valence-corrected chi connectivity index (χ2v) is 4.53. The number of ether oxygens (including phenoxy) is 1. The lowest BCUT2D eigenvalue weighted by atomic mass is 10.2. The van der Waals surface area contributed by atoms with E-state index < -0.39 is 0 Å². The van der Waals surface area contributed by atoms with Gasteiger partial charge in [-0.1, -0.05) is 40.5 Å². The summed E-state index contributed by atoms with van der Waals surface area (Å²) in [5, 5.41) is 1.000. The molecule has 0 aromatic heterocycles. The second-order valence-electron chi connectivity index (χ2n) is 3.74. The number of hydrogen-bond acceptors (Lipinski definition) is 2. The zero-order chi connectivity index (χ0) is 11.8. The predicted octanol–water partition coefficient (Wildman–Crippen LogP) is 3.86. The average molecular weight is 285 g/mol. The molecule has 0 N–H and O–H groups in total. The van der Waals surface area contributed by atoms with E-state index in [0.717, 1.165) is 30.2 Å². The van der Waals surface area contributed by atoms with E-state index in [0.29, 0.717) is 12.2 Å². The highest BCUT2D eigenvalue weighted by Gasteiger charge is 2.05. The first-order valence-electron chi connectivity index (χ1n) is 5.56. The molecule has 0 aliphatic rings. The Kier molecular flexibility index (Phi) is 6.16. The number of alkyl halides is 1. The first-order chi connectivity index (χ1) is 7.74. The Hall–Kier alpha value is -0.830. The molecule has 0 unspecified atom stereocenters. The van der Waals surface area contributed by atoms with E-state index in [1.165, 1.54) is 0 Å². The van der Waals surface area contributed by atoms with Crippen molar-refractivity contribution in [2.24, 2.45) is 0 Å². The molecule has 1 rings (SSSR count). The number of carbonyl (C=O) groups excluding carboxylic acids is 1. The molecule has 0 aliphatic heterocycles. The van der Waals surface area contributed by atoms with Gasteiger partial charge in [0.05, 0.1) is 0 Å². The van der Waals surface area contributed by atoms with Crippen LogP contribution in [0.25, 0.3) is 0 Å². The molecule has 0 saturated heterocycles. The lowest BCUT2D eigenvalue weighted by molar-refractivity contribution is -0.134. The van der Waals surface area contributed by atoms with Crippen molar-refractivity contribution in [3.05, 3.63) is 29.8 Å². The maximum atomic E-state index is 11.5. The van der Waals surface area contributed by atoms with Crippen molar-refractivity contribution in [3.63, 3.8) is 0 Å². The fraction of sp³-hybridized carbons (Fsp3) is 0.462. The summed E-state index contributed by atoms with van der Waals surface area (Å²) in [6, 6.07) is 7.57. The highest BCUT2D eigenvalue weighted by molar-refractivity contribution is 9.09. The Morgan fingerprint density at radius 1 is 1.25 bits per heavy atom. The van der Waals surface area contributed by atoms with Gasteiger partial charge in [-0.15, -0.1) is 0 Å². The summed E-state index contributed by atoms with van der Waals surface area (Å²) < 4.78 is 5.27. The first-order valence-corrected chi connectivity index (χ1v) is 6.68. The van der Waals surface area contributed by atoms with E-state index in [2.05, 4.69) is 15.9 Å². The quantitative estimate of drug-likeness (QED) is 0.343. The third kappa shape index (κ3) is 4.79. The SMILES string of the molecule is Cc1ccccc1OC(=O)CCCCCBr. The number of benzene rings is 1. The Labute approximate surface area is 105 Å². The van der Waals surface area contributed by atoms with Crippen LogP contribution in [0.3, 0.4) is 0 Å². The number of rotatable bonds is 6. The van der Waals surface area contributed by atoms with E-state index in [-0.39, 0.29) is 5.97 Å².